The summed E-state index contributed by atoms with van der Waals surface area (Å²) in [7, 11) is 0. The highest BCUT2D eigenvalue weighted by Crippen LogP contribution is 2.42. The van der Waals surface area contributed by atoms with Gasteiger partial charge in [-0.2, -0.15) is 0 Å². The Labute approximate surface area is 184 Å². The van der Waals surface area contributed by atoms with E-state index in [0.29, 0.717) is 16.4 Å². The van der Waals surface area contributed by atoms with Gasteiger partial charge in [0.2, 0.25) is 0 Å². The third kappa shape index (κ3) is 4.48. The zero-order chi connectivity index (χ0) is 20.4. The quantitative estimate of drug-likeness (QED) is 0.532. The van der Waals surface area contributed by atoms with Crippen LogP contribution in [0.2, 0.25) is 0 Å². The summed E-state index contributed by atoms with van der Waals surface area (Å²) in [5.74, 6) is 0.694. The van der Waals surface area contributed by atoms with Crippen LogP contribution in [0.5, 0.6) is 5.75 Å². The van der Waals surface area contributed by atoms with Gasteiger partial charge >= 0.3 is 0 Å². The number of phenolic OH excluding ortho intramolecular Hbond substituents is 1. The zero-order valence-corrected chi connectivity index (χ0v) is 18.7. The topological polar surface area (TPSA) is 52.6 Å². The summed E-state index contributed by atoms with van der Waals surface area (Å²) >= 11 is 4.97. The Hall–Kier alpha value is -1.92. The monoisotopic (exact) mass is 472 g/mol. The third-order valence-corrected chi connectivity index (χ3v) is 7.31. The number of benzene rings is 2. The molecule has 4 rings (SSSR count). The predicted octanol–water partition coefficient (Wildman–Crippen LogP) is 6.05. The van der Waals surface area contributed by atoms with Gasteiger partial charge in [-0.25, -0.2) is 0 Å². The van der Waals surface area contributed by atoms with E-state index in [1.165, 1.54) is 18.2 Å². The minimum atomic E-state index is -0.156. The first-order chi connectivity index (χ1) is 14.0. The second-order valence-corrected chi connectivity index (χ2v) is 9.77. The maximum Gasteiger partial charge on any atom is 0.262 e. The largest absolute Gasteiger partial charge is 0.507 e. The second kappa shape index (κ2) is 8.84. The molecule has 2 aromatic rings. The molecule has 2 aliphatic rings. The normalized spacial score (nSPS) is 26.1. The van der Waals surface area contributed by atoms with Crippen molar-refractivity contribution < 1.29 is 9.90 Å². The fourth-order valence-corrected chi connectivity index (χ4v) is 5.73. The molecule has 1 unspecified atom stereocenters. The molecule has 0 bridgehead atoms. The van der Waals surface area contributed by atoms with Crippen LogP contribution in [0.15, 0.2) is 57.9 Å². The summed E-state index contributed by atoms with van der Waals surface area (Å²) in [4.78, 5) is 16.1. The van der Waals surface area contributed by atoms with E-state index < -0.39 is 0 Å². The molecule has 4 nitrogen and oxygen atoms in total. The van der Waals surface area contributed by atoms with Crippen LogP contribution in [-0.4, -0.2) is 27.5 Å². The van der Waals surface area contributed by atoms with Gasteiger partial charge in [0.15, 0.2) is 5.50 Å². The Balaban J connectivity index is 1.67. The van der Waals surface area contributed by atoms with Crippen LogP contribution in [0.3, 0.4) is 0 Å². The van der Waals surface area contributed by atoms with Crippen molar-refractivity contribution in [3.8, 4) is 5.75 Å². The van der Waals surface area contributed by atoms with Crippen molar-refractivity contribution in [1.82, 2.24) is 4.90 Å². The first-order valence-electron chi connectivity index (χ1n) is 10.0. The molecule has 29 heavy (non-hydrogen) atoms. The number of carbonyl (C=O) groups excluding carboxylic acids is 1. The molecule has 152 valence electrons. The molecule has 1 aliphatic carbocycles. The predicted molar refractivity (Wildman–Crippen MR) is 123 cm³/mol. The van der Waals surface area contributed by atoms with Crippen LogP contribution in [0, 0.1) is 5.92 Å². The first-order valence-corrected chi connectivity index (χ1v) is 11.7. The molecule has 6 heteroatoms. The van der Waals surface area contributed by atoms with Crippen LogP contribution in [0.1, 0.15) is 38.2 Å². The number of thioether (sulfide) groups is 1. The Kier molecular flexibility index (Phi) is 6.20. The average Bonchev–Trinajstić information content (AvgIpc) is 3.01. The maximum atomic E-state index is 13.5. The van der Waals surface area contributed by atoms with E-state index in [0.717, 1.165) is 29.4 Å². The van der Waals surface area contributed by atoms with Crippen LogP contribution < -0.4 is 5.32 Å². The van der Waals surface area contributed by atoms with Gasteiger partial charge in [-0.1, -0.05) is 65.7 Å². The number of rotatable bonds is 4. The fourth-order valence-electron chi connectivity index (χ4n) is 4.15. The molecule has 0 spiro atoms. The molecule has 1 amide bonds. The number of halogens is 1. The Bertz CT molecular complexity index is 918. The number of carbonyl (C=O) groups is 1. The second-order valence-electron chi connectivity index (χ2n) is 7.73. The van der Waals surface area contributed by atoms with Gasteiger partial charge in [-0.3, -0.25) is 4.79 Å². The van der Waals surface area contributed by atoms with Crippen molar-refractivity contribution in [3.05, 3.63) is 63.5 Å². The van der Waals surface area contributed by atoms with Crippen molar-refractivity contribution in [1.29, 1.82) is 0 Å². The molecular formula is C23H25BrN2O2S. The minimum Gasteiger partial charge on any atom is -0.507 e. The minimum absolute atomic E-state index is 0.0431. The lowest BCUT2D eigenvalue weighted by Crippen LogP contribution is -2.48. The van der Waals surface area contributed by atoms with Crippen LogP contribution >= 0.6 is 27.7 Å². The maximum absolute atomic E-state index is 13.5. The average molecular weight is 473 g/mol. The lowest BCUT2D eigenvalue weighted by atomic mass is 9.85. The molecule has 1 heterocycles. The van der Waals surface area contributed by atoms with E-state index in [-0.39, 0.29) is 23.2 Å². The summed E-state index contributed by atoms with van der Waals surface area (Å²) in [6.45, 7) is 2.25. The van der Waals surface area contributed by atoms with Gasteiger partial charge in [0, 0.05) is 21.8 Å². The number of amides is 1. The van der Waals surface area contributed by atoms with Gasteiger partial charge in [-0.05, 0) is 55.2 Å². The summed E-state index contributed by atoms with van der Waals surface area (Å²) in [6, 6.07) is 15.5. The Morgan fingerprint density at radius 2 is 1.93 bits per heavy atom. The molecule has 2 aromatic carbocycles. The number of aromatic hydroxyl groups is 1. The molecule has 1 saturated carbocycles. The van der Waals surface area contributed by atoms with E-state index in [2.05, 4.69) is 28.2 Å². The van der Waals surface area contributed by atoms with Crippen LogP contribution in [0.4, 0.5) is 5.69 Å². The van der Waals surface area contributed by atoms with Crippen LogP contribution in [0.25, 0.3) is 6.08 Å². The van der Waals surface area contributed by atoms with E-state index in [9.17, 15) is 9.90 Å². The van der Waals surface area contributed by atoms with Gasteiger partial charge in [0.25, 0.3) is 5.91 Å². The highest BCUT2D eigenvalue weighted by atomic mass is 79.9. The summed E-state index contributed by atoms with van der Waals surface area (Å²) in [6.07, 6.45) is 6.39. The number of nitrogens with zero attached hydrogens (tertiary/aromatic N) is 1. The highest BCUT2D eigenvalue weighted by molar-refractivity contribution is 9.10. The number of anilines is 1. The van der Waals surface area contributed by atoms with Crippen LogP contribution in [-0.2, 0) is 4.79 Å². The smallest absolute Gasteiger partial charge is 0.262 e. The summed E-state index contributed by atoms with van der Waals surface area (Å²) < 4.78 is 0.870. The van der Waals surface area contributed by atoms with E-state index in [1.54, 1.807) is 18.2 Å². The van der Waals surface area contributed by atoms with Crippen molar-refractivity contribution in [2.24, 2.45) is 5.92 Å². The standard InChI is InChI=1S/C23H25BrN2O2S/c1-15-7-5-6-10-19(15)26-22(28)21(14-16-13-17(24)11-12-20(16)27)29-23(26)25-18-8-3-2-4-9-18/h2-4,8-9,11-15,19,23,25,27H,5-7,10H2,1H3/b21-14-/t15-,19-,23?/m0/s1. The van der Waals surface area contributed by atoms with Gasteiger partial charge < -0.3 is 15.3 Å². The van der Waals surface area contributed by atoms with Gasteiger partial charge in [-0.15, -0.1) is 0 Å². The Morgan fingerprint density at radius 3 is 2.69 bits per heavy atom. The van der Waals surface area contributed by atoms with Crippen molar-refractivity contribution in [2.45, 2.75) is 44.1 Å². The molecular weight excluding hydrogens is 448 g/mol. The van der Waals surface area contributed by atoms with E-state index in [1.807, 2.05) is 41.3 Å². The lowest BCUT2D eigenvalue weighted by Gasteiger charge is -2.39. The van der Waals surface area contributed by atoms with Crippen molar-refractivity contribution in [2.75, 3.05) is 5.32 Å². The van der Waals surface area contributed by atoms with E-state index in [4.69, 9.17) is 0 Å². The zero-order valence-electron chi connectivity index (χ0n) is 16.3. The number of nitrogens with one attached hydrogen (secondary N) is 1. The van der Waals surface area contributed by atoms with Crippen molar-refractivity contribution >= 4 is 45.4 Å². The first kappa shape index (κ1) is 20.4. The lowest BCUT2D eigenvalue weighted by molar-refractivity contribution is -0.129. The van der Waals surface area contributed by atoms with Gasteiger partial charge in [0.05, 0.1) is 4.91 Å². The molecule has 2 N–H and O–H groups in total. The van der Waals surface area contributed by atoms with Gasteiger partial charge in [0.1, 0.15) is 5.75 Å². The summed E-state index contributed by atoms with van der Waals surface area (Å²) in [5.41, 5.74) is 1.49. The van der Waals surface area contributed by atoms with E-state index >= 15 is 0 Å². The molecule has 1 aliphatic heterocycles. The summed E-state index contributed by atoms with van der Waals surface area (Å²) in [5, 5.41) is 13.8. The van der Waals surface area contributed by atoms with Crippen molar-refractivity contribution in [3.63, 3.8) is 0 Å². The number of para-hydroxylation sites is 1. The third-order valence-electron chi connectivity index (χ3n) is 5.70. The number of phenols is 1. The molecule has 0 radical (unpaired) electrons. The fraction of sp³-hybridized carbons (Fsp3) is 0.348. The highest BCUT2D eigenvalue weighted by Gasteiger charge is 2.42. The number of hydrogen-bond donors (Lipinski definition) is 2. The SMILES string of the molecule is C[C@H]1CCCC[C@@H]1N1C(=O)/C(=C/c2cc(Br)ccc2O)SC1Nc1ccccc1. The molecule has 0 aromatic heterocycles. The molecule has 2 fully saturated rings. The molecule has 1 saturated heterocycles. The molecule has 3 atom stereocenters. The number of hydrogen-bond acceptors (Lipinski definition) is 4. The Morgan fingerprint density at radius 1 is 1.17 bits per heavy atom.